The van der Waals surface area contributed by atoms with Crippen LogP contribution in [0.1, 0.15) is 16.8 Å². The van der Waals surface area contributed by atoms with Gasteiger partial charge >= 0.3 is 0 Å². The van der Waals surface area contributed by atoms with Gasteiger partial charge in [-0.05, 0) is 5.56 Å². The Morgan fingerprint density at radius 2 is 2.14 bits per heavy atom. The Bertz CT molecular complexity index is 731. The summed E-state index contributed by atoms with van der Waals surface area (Å²) >= 11 is 2.94. The zero-order valence-electron chi connectivity index (χ0n) is 11.8. The zero-order chi connectivity index (χ0) is 15.4. The summed E-state index contributed by atoms with van der Waals surface area (Å²) < 4.78 is 0. The molecule has 114 valence electrons. The molecule has 7 heteroatoms. The van der Waals surface area contributed by atoms with Crippen LogP contribution in [0, 0.1) is 0 Å². The fourth-order valence-electron chi connectivity index (χ4n) is 2.09. The Hall–Kier alpha value is -1.73. The van der Waals surface area contributed by atoms with Gasteiger partial charge in [-0.2, -0.15) is 11.8 Å². The molecule has 22 heavy (non-hydrogen) atoms. The van der Waals surface area contributed by atoms with Crippen molar-refractivity contribution in [2.24, 2.45) is 0 Å². The third-order valence-corrected chi connectivity index (χ3v) is 5.08. The van der Waals surface area contributed by atoms with Crippen LogP contribution in [0.4, 0.5) is 0 Å². The van der Waals surface area contributed by atoms with Crippen molar-refractivity contribution >= 4 is 29.4 Å². The normalized spacial score (nSPS) is 12.9. The van der Waals surface area contributed by atoms with Crippen LogP contribution < -0.4 is 10.9 Å². The summed E-state index contributed by atoms with van der Waals surface area (Å²) in [5.41, 5.74) is 2.59. The SMILES string of the molecule is O=C(CSc1nc2c(c(=O)[nH]1)CSC2)NCc1ccccc1. The van der Waals surface area contributed by atoms with Crippen LogP contribution in [0.25, 0.3) is 0 Å². The van der Waals surface area contributed by atoms with Gasteiger partial charge in [0, 0.05) is 23.6 Å². The maximum atomic E-state index is 11.9. The highest BCUT2D eigenvalue weighted by Crippen LogP contribution is 2.26. The summed E-state index contributed by atoms with van der Waals surface area (Å²) in [4.78, 5) is 30.9. The average molecular weight is 333 g/mol. The number of benzene rings is 1. The van der Waals surface area contributed by atoms with Gasteiger partial charge in [-0.15, -0.1) is 0 Å². The predicted octanol–water partition coefficient (Wildman–Crippen LogP) is 1.93. The van der Waals surface area contributed by atoms with Gasteiger partial charge in [0.2, 0.25) is 5.91 Å². The van der Waals surface area contributed by atoms with Crippen molar-refractivity contribution in [2.45, 2.75) is 23.2 Å². The van der Waals surface area contributed by atoms with Gasteiger partial charge in [-0.3, -0.25) is 9.59 Å². The molecule has 2 N–H and O–H groups in total. The largest absolute Gasteiger partial charge is 0.351 e. The number of fused-ring (bicyclic) bond motifs is 1. The van der Waals surface area contributed by atoms with Gasteiger partial charge in [-0.1, -0.05) is 42.1 Å². The van der Waals surface area contributed by atoms with Gasteiger partial charge < -0.3 is 10.3 Å². The fraction of sp³-hybridized carbons (Fsp3) is 0.267. The smallest absolute Gasteiger partial charge is 0.255 e. The topological polar surface area (TPSA) is 74.8 Å². The molecule has 0 fully saturated rings. The van der Waals surface area contributed by atoms with Crippen LogP contribution in [0.2, 0.25) is 0 Å². The van der Waals surface area contributed by atoms with Crippen LogP contribution in [0.3, 0.4) is 0 Å². The van der Waals surface area contributed by atoms with Crippen molar-refractivity contribution in [1.29, 1.82) is 0 Å². The first-order chi connectivity index (χ1) is 10.7. The van der Waals surface area contributed by atoms with Gasteiger partial charge in [0.25, 0.3) is 5.56 Å². The number of amides is 1. The molecule has 1 aromatic carbocycles. The van der Waals surface area contributed by atoms with E-state index in [0.29, 0.717) is 11.7 Å². The molecule has 3 rings (SSSR count). The van der Waals surface area contributed by atoms with Crippen molar-refractivity contribution in [3.05, 3.63) is 57.5 Å². The van der Waals surface area contributed by atoms with Crippen LogP contribution in [0.5, 0.6) is 0 Å². The summed E-state index contributed by atoms with van der Waals surface area (Å²) in [6.45, 7) is 0.505. The van der Waals surface area contributed by atoms with E-state index in [4.69, 9.17) is 0 Å². The molecular weight excluding hydrogens is 318 g/mol. The molecule has 0 atom stereocenters. The molecule has 0 bridgehead atoms. The number of nitrogens with one attached hydrogen (secondary N) is 2. The Labute approximate surface area is 136 Å². The predicted molar refractivity (Wildman–Crippen MR) is 88.9 cm³/mol. The molecule has 2 aromatic rings. The second-order valence-electron chi connectivity index (χ2n) is 4.84. The molecule has 1 amide bonds. The summed E-state index contributed by atoms with van der Waals surface area (Å²) in [5, 5.41) is 3.37. The van der Waals surface area contributed by atoms with Gasteiger partial charge in [0.05, 0.1) is 11.4 Å². The van der Waals surface area contributed by atoms with Gasteiger partial charge in [0.15, 0.2) is 5.16 Å². The Morgan fingerprint density at radius 3 is 2.95 bits per heavy atom. The number of hydrogen-bond donors (Lipinski definition) is 2. The number of carbonyl (C=O) groups excluding carboxylic acids is 1. The standard InChI is InChI=1S/C15H15N3O2S2/c19-13(16-6-10-4-2-1-3-5-10)9-22-15-17-12-8-21-7-11(12)14(20)18-15/h1-5H,6-9H2,(H,16,19)(H,17,18,20). The molecule has 0 spiro atoms. The minimum absolute atomic E-state index is 0.0774. The van der Waals surface area contributed by atoms with Crippen molar-refractivity contribution in [3.8, 4) is 0 Å². The van der Waals surface area contributed by atoms with Crippen molar-refractivity contribution < 1.29 is 4.79 Å². The van der Waals surface area contributed by atoms with E-state index in [1.807, 2.05) is 30.3 Å². The third kappa shape index (κ3) is 3.72. The zero-order valence-corrected chi connectivity index (χ0v) is 13.4. The highest BCUT2D eigenvalue weighted by molar-refractivity contribution is 7.99. The van der Waals surface area contributed by atoms with Crippen LogP contribution >= 0.6 is 23.5 Å². The number of aromatic amines is 1. The monoisotopic (exact) mass is 333 g/mol. The van der Waals surface area contributed by atoms with Crippen molar-refractivity contribution in [1.82, 2.24) is 15.3 Å². The fourth-order valence-corrected chi connectivity index (χ4v) is 3.83. The van der Waals surface area contributed by atoms with Gasteiger partial charge in [-0.25, -0.2) is 4.98 Å². The number of rotatable bonds is 5. The third-order valence-electron chi connectivity index (χ3n) is 3.24. The lowest BCUT2D eigenvalue weighted by Crippen LogP contribution is -2.25. The van der Waals surface area contributed by atoms with E-state index in [-0.39, 0.29) is 17.2 Å². The van der Waals surface area contributed by atoms with Gasteiger partial charge in [0.1, 0.15) is 0 Å². The molecule has 0 saturated carbocycles. The Kier molecular flexibility index (Phi) is 4.84. The summed E-state index contributed by atoms with van der Waals surface area (Å²) in [6.07, 6.45) is 0. The van der Waals surface area contributed by atoms with E-state index in [1.165, 1.54) is 11.8 Å². The van der Waals surface area contributed by atoms with Crippen LogP contribution in [0.15, 0.2) is 40.3 Å². The molecule has 5 nitrogen and oxygen atoms in total. The number of nitrogens with zero attached hydrogens (tertiary/aromatic N) is 1. The average Bonchev–Trinajstić information content (AvgIpc) is 3.01. The first kappa shape index (κ1) is 15.2. The maximum Gasteiger partial charge on any atom is 0.255 e. The summed E-state index contributed by atoms with van der Waals surface area (Å²) in [7, 11) is 0. The highest BCUT2D eigenvalue weighted by Gasteiger charge is 2.18. The summed E-state index contributed by atoms with van der Waals surface area (Å²) in [5.74, 6) is 1.65. The first-order valence-corrected chi connectivity index (χ1v) is 8.99. The molecule has 0 aliphatic carbocycles. The van der Waals surface area contributed by atoms with Crippen molar-refractivity contribution in [3.63, 3.8) is 0 Å². The molecule has 0 saturated heterocycles. The van der Waals surface area contributed by atoms with E-state index < -0.39 is 0 Å². The van der Waals surface area contributed by atoms with Crippen molar-refractivity contribution in [2.75, 3.05) is 5.75 Å². The molecule has 2 heterocycles. The Morgan fingerprint density at radius 1 is 1.32 bits per heavy atom. The second-order valence-corrected chi connectivity index (χ2v) is 6.79. The number of hydrogen-bond acceptors (Lipinski definition) is 5. The number of carbonyl (C=O) groups is 1. The molecular formula is C15H15N3O2S2. The Balaban J connectivity index is 1.53. The lowest BCUT2D eigenvalue weighted by Gasteiger charge is -2.05. The molecule has 1 aromatic heterocycles. The second kappa shape index (κ2) is 7.02. The van der Waals surface area contributed by atoms with E-state index in [1.54, 1.807) is 11.8 Å². The molecule has 1 aliphatic rings. The molecule has 0 radical (unpaired) electrons. The van der Waals surface area contributed by atoms with E-state index in [2.05, 4.69) is 15.3 Å². The lowest BCUT2D eigenvalue weighted by atomic mass is 10.2. The summed E-state index contributed by atoms with van der Waals surface area (Å²) in [6, 6.07) is 9.74. The lowest BCUT2D eigenvalue weighted by molar-refractivity contribution is -0.118. The highest BCUT2D eigenvalue weighted by atomic mass is 32.2. The van der Waals surface area contributed by atoms with E-state index in [9.17, 15) is 9.59 Å². The van der Waals surface area contributed by atoms with E-state index in [0.717, 1.165) is 28.3 Å². The minimum Gasteiger partial charge on any atom is -0.351 e. The van der Waals surface area contributed by atoms with Crippen LogP contribution in [-0.4, -0.2) is 21.6 Å². The van der Waals surface area contributed by atoms with Crippen LogP contribution in [-0.2, 0) is 22.8 Å². The van der Waals surface area contributed by atoms with E-state index >= 15 is 0 Å². The quantitative estimate of drug-likeness (QED) is 0.646. The number of aromatic nitrogens is 2. The maximum absolute atomic E-state index is 11.9. The number of thioether (sulfide) groups is 2. The first-order valence-electron chi connectivity index (χ1n) is 6.85. The molecule has 0 unspecified atom stereocenters. The minimum atomic E-state index is -0.0813. The molecule has 1 aliphatic heterocycles. The number of H-pyrrole nitrogens is 1.